The van der Waals surface area contributed by atoms with Crippen LogP contribution in [0.4, 0.5) is 0 Å². The van der Waals surface area contributed by atoms with Gasteiger partial charge in [-0.25, -0.2) is 4.79 Å². The van der Waals surface area contributed by atoms with Gasteiger partial charge >= 0.3 is 5.97 Å². The Balaban J connectivity index is 1.67. The number of rotatable bonds is 7. The van der Waals surface area contributed by atoms with Crippen LogP contribution in [0.25, 0.3) is 0 Å². The van der Waals surface area contributed by atoms with E-state index in [0.29, 0.717) is 31.5 Å². The first-order chi connectivity index (χ1) is 9.77. The molecule has 110 valence electrons. The zero-order valence-electron chi connectivity index (χ0n) is 11.4. The van der Waals surface area contributed by atoms with E-state index < -0.39 is 5.97 Å². The maximum Gasteiger partial charge on any atom is 0.339 e. The Kier molecular flexibility index (Phi) is 5.83. The minimum absolute atomic E-state index is 0.178. The van der Waals surface area contributed by atoms with Gasteiger partial charge in [-0.15, -0.1) is 0 Å². The van der Waals surface area contributed by atoms with E-state index in [1.54, 1.807) is 18.2 Å². The lowest BCUT2D eigenvalue weighted by molar-refractivity contribution is 0.0138. The van der Waals surface area contributed by atoms with Crippen molar-refractivity contribution in [3.8, 4) is 5.75 Å². The highest BCUT2D eigenvalue weighted by Crippen LogP contribution is 2.18. The maximum atomic E-state index is 11.0. The molecular weight excluding hydrogens is 260 g/mol. The molecule has 0 aliphatic carbocycles. The van der Waals surface area contributed by atoms with Gasteiger partial charge in [0.1, 0.15) is 17.9 Å². The van der Waals surface area contributed by atoms with Crippen molar-refractivity contribution in [1.82, 2.24) is 0 Å². The fourth-order valence-corrected chi connectivity index (χ4v) is 2.14. The number of hydrogen-bond donors (Lipinski definition) is 1. The molecule has 0 saturated carbocycles. The SMILES string of the molecule is O=C(O)c1ccccc1OCCOCC1CCOCC1. The van der Waals surface area contributed by atoms with Crippen LogP contribution in [0.15, 0.2) is 24.3 Å². The second kappa shape index (κ2) is 7.87. The van der Waals surface area contributed by atoms with Gasteiger partial charge in [0.25, 0.3) is 0 Å². The molecule has 0 spiro atoms. The highest BCUT2D eigenvalue weighted by molar-refractivity contribution is 5.90. The van der Waals surface area contributed by atoms with Crippen molar-refractivity contribution in [3.63, 3.8) is 0 Å². The zero-order valence-corrected chi connectivity index (χ0v) is 11.4. The highest BCUT2D eigenvalue weighted by Gasteiger charge is 2.14. The summed E-state index contributed by atoms with van der Waals surface area (Å²) in [6, 6.07) is 6.62. The molecule has 1 saturated heterocycles. The summed E-state index contributed by atoms with van der Waals surface area (Å²) in [4.78, 5) is 11.0. The predicted octanol–water partition coefficient (Wildman–Crippen LogP) is 2.21. The van der Waals surface area contributed by atoms with Crippen molar-refractivity contribution in [3.05, 3.63) is 29.8 Å². The van der Waals surface area contributed by atoms with Crippen LogP contribution in [0.3, 0.4) is 0 Å². The minimum atomic E-state index is -0.983. The fraction of sp³-hybridized carbons (Fsp3) is 0.533. The lowest BCUT2D eigenvalue weighted by atomic mass is 10.0. The standard InChI is InChI=1S/C15H20O5/c16-15(17)13-3-1-2-4-14(13)20-10-9-19-11-12-5-7-18-8-6-12/h1-4,12H,5-11H2,(H,16,17). The van der Waals surface area contributed by atoms with Gasteiger partial charge in [-0.2, -0.15) is 0 Å². The van der Waals surface area contributed by atoms with Crippen molar-refractivity contribution in [1.29, 1.82) is 0 Å². The molecular formula is C15H20O5. The summed E-state index contributed by atoms with van der Waals surface area (Å²) in [5, 5.41) is 9.02. The molecule has 1 fully saturated rings. The number of aromatic carboxylic acids is 1. The summed E-state index contributed by atoms with van der Waals surface area (Å²) < 4.78 is 16.3. The Labute approximate surface area is 118 Å². The molecule has 20 heavy (non-hydrogen) atoms. The number of carbonyl (C=O) groups is 1. The van der Waals surface area contributed by atoms with Crippen molar-refractivity contribution < 1.29 is 24.1 Å². The van der Waals surface area contributed by atoms with Crippen molar-refractivity contribution in [2.45, 2.75) is 12.8 Å². The molecule has 1 aromatic carbocycles. The quantitative estimate of drug-likeness (QED) is 0.776. The van der Waals surface area contributed by atoms with E-state index in [1.165, 1.54) is 6.07 Å². The Morgan fingerprint density at radius 1 is 1.25 bits per heavy atom. The molecule has 0 radical (unpaired) electrons. The van der Waals surface area contributed by atoms with E-state index in [2.05, 4.69) is 0 Å². The van der Waals surface area contributed by atoms with Crippen LogP contribution in [0.5, 0.6) is 5.75 Å². The number of carboxylic acid groups (broad SMARTS) is 1. The molecule has 0 aromatic heterocycles. The van der Waals surface area contributed by atoms with Crippen molar-refractivity contribution in [2.24, 2.45) is 5.92 Å². The molecule has 1 N–H and O–H groups in total. The Bertz CT molecular complexity index is 426. The third-order valence-electron chi connectivity index (χ3n) is 3.30. The molecule has 1 aliphatic heterocycles. The largest absolute Gasteiger partial charge is 0.490 e. The van der Waals surface area contributed by atoms with Gasteiger partial charge in [0.05, 0.1) is 6.61 Å². The molecule has 0 amide bonds. The Hall–Kier alpha value is -1.59. The van der Waals surface area contributed by atoms with Crippen LogP contribution in [0, 0.1) is 5.92 Å². The minimum Gasteiger partial charge on any atom is -0.490 e. The zero-order chi connectivity index (χ0) is 14.2. The number of benzene rings is 1. The van der Waals surface area contributed by atoms with Gasteiger partial charge in [-0.3, -0.25) is 0 Å². The van der Waals surface area contributed by atoms with Gasteiger partial charge in [0.2, 0.25) is 0 Å². The van der Waals surface area contributed by atoms with E-state index in [4.69, 9.17) is 19.3 Å². The summed E-state index contributed by atoms with van der Waals surface area (Å²) in [7, 11) is 0. The highest BCUT2D eigenvalue weighted by atomic mass is 16.5. The van der Waals surface area contributed by atoms with Gasteiger partial charge in [-0.05, 0) is 30.9 Å². The van der Waals surface area contributed by atoms with E-state index in [0.717, 1.165) is 26.1 Å². The summed E-state index contributed by atoms with van der Waals surface area (Å²) >= 11 is 0. The average Bonchev–Trinajstić information content (AvgIpc) is 2.48. The normalized spacial score (nSPS) is 16.0. The van der Waals surface area contributed by atoms with Crippen LogP contribution >= 0.6 is 0 Å². The van der Waals surface area contributed by atoms with Gasteiger partial charge in [-0.1, -0.05) is 12.1 Å². The molecule has 0 bridgehead atoms. The lowest BCUT2D eigenvalue weighted by Crippen LogP contribution is -2.21. The monoisotopic (exact) mass is 280 g/mol. The van der Waals surface area contributed by atoms with Gasteiger partial charge in [0.15, 0.2) is 0 Å². The summed E-state index contributed by atoms with van der Waals surface area (Å²) in [5.74, 6) is -0.0338. The molecule has 5 heteroatoms. The molecule has 5 nitrogen and oxygen atoms in total. The first kappa shape index (κ1) is 14.8. The van der Waals surface area contributed by atoms with Gasteiger partial charge < -0.3 is 19.3 Å². The van der Waals surface area contributed by atoms with Crippen LogP contribution in [0.1, 0.15) is 23.2 Å². The second-order valence-electron chi connectivity index (χ2n) is 4.78. The van der Waals surface area contributed by atoms with E-state index in [9.17, 15) is 4.79 Å². The average molecular weight is 280 g/mol. The lowest BCUT2D eigenvalue weighted by Gasteiger charge is -2.21. The third kappa shape index (κ3) is 4.51. The van der Waals surface area contributed by atoms with E-state index in [1.807, 2.05) is 0 Å². The number of carboxylic acids is 1. The molecule has 1 heterocycles. The van der Waals surface area contributed by atoms with E-state index in [-0.39, 0.29) is 5.56 Å². The Morgan fingerprint density at radius 2 is 2.00 bits per heavy atom. The smallest absolute Gasteiger partial charge is 0.339 e. The Morgan fingerprint density at radius 3 is 2.75 bits per heavy atom. The van der Waals surface area contributed by atoms with Crippen molar-refractivity contribution in [2.75, 3.05) is 33.0 Å². The molecule has 2 rings (SSSR count). The van der Waals surface area contributed by atoms with Crippen LogP contribution in [-0.4, -0.2) is 44.1 Å². The third-order valence-corrected chi connectivity index (χ3v) is 3.30. The summed E-state index contributed by atoms with van der Waals surface area (Å²) in [5.41, 5.74) is 0.178. The fourth-order valence-electron chi connectivity index (χ4n) is 2.14. The van der Waals surface area contributed by atoms with Crippen LogP contribution in [0.2, 0.25) is 0 Å². The maximum absolute atomic E-state index is 11.0. The van der Waals surface area contributed by atoms with Crippen LogP contribution < -0.4 is 4.74 Å². The molecule has 0 unspecified atom stereocenters. The number of para-hydroxylation sites is 1. The summed E-state index contributed by atoms with van der Waals surface area (Å²) in [6.45, 7) is 3.17. The predicted molar refractivity (Wildman–Crippen MR) is 73.3 cm³/mol. The van der Waals surface area contributed by atoms with Crippen LogP contribution in [-0.2, 0) is 9.47 Å². The molecule has 1 aromatic rings. The number of ether oxygens (including phenoxy) is 3. The topological polar surface area (TPSA) is 65.0 Å². The van der Waals surface area contributed by atoms with Crippen molar-refractivity contribution >= 4 is 5.97 Å². The first-order valence-electron chi connectivity index (χ1n) is 6.88. The second-order valence-corrected chi connectivity index (χ2v) is 4.78. The molecule has 1 aliphatic rings. The van der Waals surface area contributed by atoms with Gasteiger partial charge in [0, 0.05) is 19.8 Å². The molecule has 0 atom stereocenters. The van der Waals surface area contributed by atoms with E-state index >= 15 is 0 Å². The number of hydrogen-bond acceptors (Lipinski definition) is 4. The summed E-state index contributed by atoms with van der Waals surface area (Å²) in [6.07, 6.45) is 2.09. The first-order valence-corrected chi connectivity index (χ1v) is 6.88.